The molecule has 17 heavy (non-hydrogen) atoms. The van der Waals surface area contributed by atoms with Crippen molar-refractivity contribution in [2.75, 3.05) is 11.1 Å². The van der Waals surface area contributed by atoms with Crippen molar-refractivity contribution < 1.29 is 0 Å². The minimum atomic E-state index is 0.616. The highest BCUT2D eigenvalue weighted by atomic mass is 79.9. The zero-order chi connectivity index (χ0) is 12.4. The second-order valence-corrected chi connectivity index (χ2v) is 5.24. The summed E-state index contributed by atoms with van der Waals surface area (Å²) in [6.07, 6.45) is 0. The molecule has 88 valence electrons. The van der Waals surface area contributed by atoms with E-state index in [-0.39, 0.29) is 0 Å². The Labute approximate surface area is 118 Å². The van der Waals surface area contributed by atoms with E-state index in [1.54, 1.807) is 24.3 Å². The van der Waals surface area contributed by atoms with Crippen LogP contribution in [0.5, 0.6) is 0 Å². The van der Waals surface area contributed by atoms with Crippen molar-refractivity contribution >= 4 is 56.2 Å². The van der Waals surface area contributed by atoms with Gasteiger partial charge in [0.25, 0.3) is 0 Å². The summed E-state index contributed by atoms with van der Waals surface area (Å²) in [7, 11) is 0. The molecule has 0 saturated carbocycles. The van der Waals surface area contributed by atoms with Crippen molar-refractivity contribution in [1.29, 1.82) is 0 Å². The maximum Gasteiger partial charge on any atom is 0.0641 e. The summed E-state index contributed by atoms with van der Waals surface area (Å²) in [5.74, 6) is 0. The first-order valence-corrected chi connectivity index (χ1v) is 6.38. The molecule has 5 heteroatoms. The number of hydrogen-bond donors (Lipinski definition) is 2. The lowest BCUT2D eigenvalue weighted by Crippen LogP contribution is -1.96. The molecule has 2 rings (SSSR count). The van der Waals surface area contributed by atoms with E-state index in [0.717, 1.165) is 15.8 Å². The molecule has 2 nitrogen and oxygen atoms in total. The molecule has 0 bridgehead atoms. The second kappa shape index (κ2) is 5.17. The van der Waals surface area contributed by atoms with E-state index < -0.39 is 0 Å². The fourth-order valence-electron chi connectivity index (χ4n) is 1.38. The van der Waals surface area contributed by atoms with Gasteiger partial charge >= 0.3 is 0 Å². The van der Waals surface area contributed by atoms with Crippen LogP contribution in [0.3, 0.4) is 0 Å². The molecule has 0 spiro atoms. The standard InChI is InChI=1S/C12H9BrCl2N2/c13-7-1-3-9(15)11(5-7)17-12-6-8(14)2-4-10(12)16/h1-6,17H,16H2. The van der Waals surface area contributed by atoms with Crippen molar-refractivity contribution in [3.8, 4) is 0 Å². The highest BCUT2D eigenvalue weighted by molar-refractivity contribution is 9.10. The molecule has 0 unspecified atom stereocenters. The van der Waals surface area contributed by atoms with Crippen LogP contribution in [0.1, 0.15) is 0 Å². The Bertz CT molecular complexity index is 509. The fraction of sp³-hybridized carbons (Fsp3) is 0. The number of hydrogen-bond acceptors (Lipinski definition) is 2. The number of nitrogens with one attached hydrogen (secondary N) is 1. The quantitative estimate of drug-likeness (QED) is 0.753. The predicted octanol–water partition coefficient (Wildman–Crippen LogP) is 5.08. The van der Waals surface area contributed by atoms with Crippen molar-refractivity contribution in [2.24, 2.45) is 0 Å². The maximum absolute atomic E-state index is 6.08. The molecule has 0 amide bonds. The minimum Gasteiger partial charge on any atom is -0.397 e. The van der Waals surface area contributed by atoms with Crippen LogP contribution in [0.15, 0.2) is 40.9 Å². The zero-order valence-electron chi connectivity index (χ0n) is 8.68. The SMILES string of the molecule is Nc1ccc(Cl)cc1Nc1cc(Br)ccc1Cl. The normalized spacial score (nSPS) is 10.3. The van der Waals surface area contributed by atoms with Gasteiger partial charge in [-0.3, -0.25) is 0 Å². The van der Waals surface area contributed by atoms with Crippen LogP contribution >= 0.6 is 39.1 Å². The number of nitrogens with two attached hydrogens (primary N) is 1. The Morgan fingerprint density at radius 1 is 1.00 bits per heavy atom. The van der Waals surface area contributed by atoms with E-state index in [1.807, 2.05) is 12.1 Å². The number of halogens is 3. The number of rotatable bonds is 2. The average Bonchev–Trinajstić information content (AvgIpc) is 2.28. The van der Waals surface area contributed by atoms with E-state index >= 15 is 0 Å². The molecule has 0 aromatic heterocycles. The fourth-order valence-corrected chi connectivity index (χ4v) is 2.07. The van der Waals surface area contributed by atoms with E-state index in [0.29, 0.717) is 15.7 Å². The summed E-state index contributed by atoms with van der Waals surface area (Å²) < 4.78 is 0.935. The predicted molar refractivity (Wildman–Crippen MR) is 78.3 cm³/mol. The van der Waals surface area contributed by atoms with E-state index in [2.05, 4.69) is 21.2 Å². The Morgan fingerprint density at radius 2 is 1.76 bits per heavy atom. The molecule has 2 aromatic rings. The third kappa shape index (κ3) is 3.06. The largest absolute Gasteiger partial charge is 0.397 e. The van der Waals surface area contributed by atoms with Gasteiger partial charge in [0.2, 0.25) is 0 Å². The molecule has 0 radical (unpaired) electrons. The highest BCUT2D eigenvalue weighted by Crippen LogP contribution is 2.32. The van der Waals surface area contributed by atoms with Crippen LogP contribution in [0.25, 0.3) is 0 Å². The van der Waals surface area contributed by atoms with E-state index in [1.165, 1.54) is 0 Å². The first kappa shape index (κ1) is 12.6. The van der Waals surface area contributed by atoms with Gasteiger partial charge in [0.15, 0.2) is 0 Å². The van der Waals surface area contributed by atoms with Gasteiger partial charge in [-0.25, -0.2) is 0 Å². The third-order valence-corrected chi connectivity index (χ3v) is 3.27. The van der Waals surface area contributed by atoms with Crippen molar-refractivity contribution in [3.05, 3.63) is 50.9 Å². The number of nitrogen functional groups attached to an aromatic ring is 1. The van der Waals surface area contributed by atoms with Gasteiger partial charge in [-0.2, -0.15) is 0 Å². The molecular weight excluding hydrogens is 323 g/mol. The molecule has 2 aromatic carbocycles. The van der Waals surface area contributed by atoms with Gasteiger partial charge in [-0.1, -0.05) is 39.1 Å². The first-order valence-electron chi connectivity index (χ1n) is 4.83. The van der Waals surface area contributed by atoms with Crippen LogP contribution in [0.4, 0.5) is 17.1 Å². The van der Waals surface area contributed by atoms with Gasteiger partial charge in [0.1, 0.15) is 0 Å². The van der Waals surface area contributed by atoms with Crippen LogP contribution in [0.2, 0.25) is 10.0 Å². The summed E-state index contributed by atoms with van der Waals surface area (Å²) in [6, 6.07) is 10.8. The zero-order valence-corrected chi connectivity index (χ0v) is 11.8. The Hall–Kier alpha value is -0.900. The molecule has 3 N–H and O–H groups in total. The molecule has 0 aliphatic carbocycles. The van der Waals surface area contributed by atoms with Crippen molar-refractivity contribution in [2.45, 2.75) is 0 Å². The van der Waals surface area contributed by atoms with Gasteiger partial charge < -0.3 is 11.1 Å². The van der Waals surface area contributed by atoms with Crippen molar-refractivity contribution in [3.63, 3.8) is 0 Å². The summed E-state index contributed by atoms with van der Waals surface area (Å²) in [5.41, 5.74) is 7.97. The van der Waals surface area contributed by atoms with E-state index in [9.17, 15) is 0 Å². The van der Waals surface area contributed by atoms with Gasteiger partial charge in [0.05, 0.1) is 22.1 Å². The smallest absolute Gasteiger partial charge is 0.0641 e. The lowest BCUT2D eigenvalue weighted by Gasteiger charge is -2.11. The number of anilines is 3. The Morgan fingerprint density at radius 3 is 2.53 bits per heavy atom. The molecule has 0 saturated heterocycles. The second-order valence-electron chi connectivity index (χ2n) is 3.48. The molecule has 0 fully saturated rings. The summed E-state index contributed by atoms with van der Waals surface area (Å²) in [4.78, 5) is 0. The lowest BCUT2D eigenvalue weighted by atomic mass is 10.2. The van der Waals surface area contributed by atoms with Crippen LogP contribution in [0, 0.1) is 0 Å². The van der Waals surface area contributed by atoms with Gasteiger partial charge in [-0.05, 0) is 36.4 Å². The Balaban J connectivity index is 2.37. The Kier molecular flexibility index (Phi) is 3.82. The van der Waals surface area contributed by atoms with Gasteiger partial charge in [0, 0.05) is 9.50 Å². The van der Waals surface area contributed by atoms with Gasteiger partial charge in [-0.15, -0.1) is 0 Å². The molecule has 0 aliphatic rings. The monoisotopic (exact) mass is 330 g/mol. The topological polar surface area (TPSA) is 38.0 Å². The minimum absolute atomic E-state index is 0.616. The van der Waals surface area contributed by atoms with Crippen LogP contribution < -0.4 is 11.1 Å². The maximum atomic E-state index is 6.08. The molecule has 0 heterocycles. The average molecular weight is 332 g/mol. The lowest BCUT2D eigenvalue weighted by molar-refractivity contribution is 1.53. The summed E-state index contributed by atoms with van der Waals surface area (Å²) >= 11 is 15.4. The van der Waals surface area contributed by atoms with E-state index in [4.69, 9.17) is 28.9 Å². The van der Waals surface area contributed by atoms with Crippen LogP contribution in [-0.4, -0.2) is 0 Å². The van der Waals surface area contributed by atoms with Crippen LogP contribution in [-0.2, 0) is 0 Å². The highest BCUT2D eigenvalue weighted by Gasteiger charge is 2.05. The third-order valence-electron chi connectivity index (χ3n) is 2.21. The molecular formula is C12H9BrCl2N2. The number of benzene rings is 2. The van der Waals surface area contributed by atoms with Crippen molar-refractivity contribution in [1.82, 2.24) is 0 Å². The molecule has 0 atom stereocenters. The molecule has 0 aliphatic heterocycles. The summed E-state index contributed by atoms with van der Waals surface area (Å²) in [5, 5.41) is 4.39. The summed E-state index contributed by atoms with van der Waals surface area (Å²) in [6.45, 7) is 0. The first-order chi connectivity index (χ1) is 8.06.